The van der Waals surface area contributed by atoms with E-state index >= 15 is 0 Å². The van der Waals surface area contributed by atoms with Crippen LogP contribution in [0.25, 0.3) is 0 Å². The van der Waals surface area contributed by atoms with E-state index in [1.807, 2.05) is 0 Å². The molecule has 1 N–H and O–H groups in total. The largest absolute Gasteiger partial charge is 0.488 e. The topological polar surface area (TPSA) is 85.4 Å². The molecule has 6 nitrogen and oxygen atoms in total. The van der Waals surface area contributed by atoms with Gasteiger partial charge in [-0.2, -0.15) is 8.42 Å². The molecule has 8 heteroatoms. The van der Waals surface area contributed by atoms with Crippen molar-refractivity contribution in [1.29, 1.82) is 0 Å². The summed E-state index contributed by atoms with van der Waals surface area (Å²) in [6.45, 7) is 1.71. The second kappa shape index (κ2) is 5.88. The third kappa shape index (κ3) is 4.25. The molecule has 0 saturated carbocycles. The lowest BCUT2D eigenvalue weighted by atomic mass is 10.2. The van der Waals surface area contributed by atoms with E-state index < -0.39 is 10.5 Å². The summed E-state index contributed by atoms with van der Waals surface area (Å²) < 4.78 is 37.0. The van der Waals surface area contributed by atoms with Gasteiger partial charge in [0.2, 0.25) is 0 Å². The first-order valence-corrected chi connectivity index (χ1v) is 7.13. The van der Waals surface area contributed by atoms with Crippen LogP contribution in [0.3, 0.4) is 0 Å². The minimum absolute atomic E-state index is 0.187. The lowest BCUT2D eigenvalue weighted by molar-refractivity contribution is 0.102. The Labute approximate surface area is 121 Å². The number of aryl methyl sites for hydroxylation is 1. The van der Waals surface area contributed by atoms with Crippen molar-refractivity contribution < 1.29 is 21.3 Å². The summed E-state index contributed by atoms with van der Waals surface area (Å²) in [7, 11) is -5.06. The fraction of sp³-hybridized carbons (Fsp3) is 0.0769. The van der Waals surface area contributed by atoms with Crippen LogP contribution < -0.4 is 9.50 Å². The highest BCUT2D eigenvalue weighted by Crippen LogP contribution is 2.18. The molecular formula is C13H11FN2O4S. The van der Waals surface area contributed by atoms with Crippen LogP contribution in [0.1, 0.15) is 16.1 Å². The molecule has 0 fully saturated rings. The second-order valence-corrected chi connectivity index (χ2v) is 5.04. The maximum Gasteiger partial charge on any atom is 0.488 e. The molecule has 0 unspecified atom stereocenters. The first kappa shape index (κ1) is 14.9. The zero-order chi connectivity index (χ0) is 15.5. The molecule has 2 aromatic rings. The number of nitrogens with one attached hydrogen (secondary N) is 1. The molecule has 0 spiro atoms. The number of benzene rings is 1. The van der Waals surface area contributed by atoms with E-state index in [1.54, 1.807) is 25.3 Å². The maximum absolute atomic E-state index is 12.3. The molecular weight excluding hydrogens is 299 g/mol. The number of amides is 1. The molecule has 0 atom stereocenters. The molecule has 0 aliphatic rings. The van der Waals surface area contributed by atoms with Crippen molar-refractivity contribution >= 4 is 22.1 Å². The van der Waals surface area contributed by atoms with Crippen LogP contribution in [0.5, 0.6) is 5.75 Å². The number of pyridine rings is 1. The summed E-state index contributed by atoms with van der Waals surface area (Å²) in [6, 6.07) is 8.51. The van der Waals surface area contributed by atoms with Crippen molar-refractivity contribution in [2.45, 2.75) is 6.92 Å². The van der Waals surface area contributed by atoms with Gasteiger partial charge in [-0.25, -0.2) is 0 Å². The summed E-state index contributed by atoms with van der Waals surface area (Å²) in [6.07, 6.45) is 1.58. The third-order valence-corrected chi connectivity index (χ3v) is 2.95. The van der Waals surface area contributed by atoms with Crippen molar-refractivity contribution in [2.75, 3.05) is 5.32 Å². The maximum atomic E-state index is 12.3. The van der Waals surface area contributed by atoms with Crippen LogP contribution in [-0.4, -0.2) is 19.3 Å². The molecule has 1 aromatic carbocycles. The van der Waals surface area contributed by atoms with Gasteiger partial charge >= 0.3 is 10.5 Å². The molecule has 21 heavy (non-hydrogen) atoms. The standard InChI is InChI=1S/C13H11FN2O4S/c1-9-12(3-2-8-15-9)13(17)16-10-4-6-11(7-5-10)20-21(14,18)19/h2-8H,1H3,(H,16,17). The van der Waals surface area contributed by atoms with Gasteiger partial charge in [-0.05, 0) is 43.3 Å². The molecule has 0 radical (unpaired) electrons. The third-order valence-electron chi connectivity index (χ3n) is 2.56. The molecule has 110 valence electrons. The van der Waals surface area contributed by atoms with E-state index in [0.29, 0.717) is 16.9 Å². The van der Waals surface area contributed by atoms with Crippen molar-refractivity contribution in [3.63, 3.8) is 0 Å². The number of rotatable bonds is 4. The van der Waals surface area contributed by atoms with Crippen LogP contribution in [-0.2, 0) is 10.5 Å². The quantitative estimate of drug-likeness (QED) is 0.875. The van der Waals surface area contributed by atoms with Gasteiger partial charge in [0.25, 0.3) is 5.91 Å². The predicted octanol–water partition coefficient (Wildman–Crippen LogP) is 2.24. The number of nitrogens with zero attached hydrogens (tertiary/aromatic N) is 1. The second-order valence-electron chi connectivity index (χ2n) is 4.09. The number of carbonyl (C=O) groups is 1. The summed E-state index contributed by atoms with van der Waals surface area (Å²) in [5, 5.41) is 2.61. The van der Waals surface area contributed by atoms with Crippen molar-refractivity contribution in [2.24, 2.45) is 0 Å². The van der Waals surface area contributed by atoms with Gasteiger partial charge in [0.15, 0.2) is 0 Å². The molecule has 0 aliphatic carbocycles. The Morgan fingerprint density at radius 1 is 1.24 bits per heavy atom. The fourth-order valence-electron chi connectivity index (χ4n) is 1.63. The van der Waals surface area contributed by atoms with Crippen LogP contribution in [0.4, 0.5) is 9.57 Å². The average Bonchev–Trinajstić information content (AvgIpc) is 2.40. The Hall–Kier alpha value is -2.48. The van der Waals surface area contributed by atoms with Gasteiger partial charge in [0.05, 0.1) is 5.56 Å². The van der Waals surface area contributed by atoms with E-state index in [-0.39, 0.29) is 11.7 Å². The van der Waals surface area contributed by atoms with Crippen molar-refractivity contribution in [3.05, 3.63) is 53.9 Å². The number of anilines is 1. The highest BCUT2D eigenvalue weighted by molar-refractivity contribution is 7.81. The Bertz CT molecular complexity index is 760. The zero-order valence-corrected chi connectivity index (χ0v) is 11.7. The van der Waals surface area contributed by atoms with Crippen LogP contribution in [0, 0.1) is 6.92 Å². The molecule has 1 heterocycles. The number of hydrogen-bond acceptors (Lipinski definition) is 5. The zero-order valence-electron chi connectivity index (χ0n) is 10.9. The molecule has 1 amide bonds. The Morgan fingerprint density at radius 3 is 2.48 bits per heavy atom. The fourth-order valence-corrected chi connectivity index (χ4v) is 1.97. The van der Waals surface area contributed by atoms with Gasteiger partial charge in [-0.3, -0.25) is 9.78 Å². The highest BCUT2D eigenvalue weighted by atomic mass is 32.3. The first-order valence-electron chi connectivity index (χ1n) is 5.82. The molecule has 0 bridgehead atoms. The Morgan fingerprint density at radius 2 is 1.90 bits per heavy atom. The van der Waals surface area contributed by atoms with E-state index in [2.05, 4.69) is 14.5 Å². The van der Waals surface area contributed by atoms with Gasteiger partial charge in [-0.1, -0.05) is 3.89 Å². The van der Waals surface area contributed by atoms with Crippen molar-refractivity contribution in [3.8, 4) is 5.75 Å². The van der Waals surface area contributed by atoms with Gasteiger partial charge in [0.1, 0.15) is 5.75 Å². The average molecular weight is 310 g/mol. The molecule has 0 aliphatic heterocycles. The van der Waals surface area contributed by atoms with Crippen LogP contribution >= 0.6 is 0 Å². The van der Waals surface area contributed by atoms with E-state index in [9.17, 15) is 17.1 Å². The minimum Gasteiger partial charge on any atom is -0.358 e. The number of hydrogen-bond donors (Lipinski definition) is 1. The molecule has 2 rings (SSSR count). The molecule has 1 aromatic heterocycles. The SMILES string of the molecule is Cc1ncccc1C(=O)Nc1ccc(OS(=O)(=O)F)cc1. The Balaban J connectivity index is 2.10. The summed E-state index contributed by atoms with van der Waals surface area (Å²) in [4.78, 5) is 16.0. The lowest BCUT2D eigenvalue weighted by Gasteiger charge is -2.07. The van der Waals surface area contributed by atoms with Crippen LogP contribution in [0.15, 0.2) is 42.6 Å². The normalized spacial score (nSPS) is 11.0. The summed E-state index contributed by atoms with van der Waals surface area (Å²) >= 11 is 0. The Kier molecular flexibility index (Phi) is 4.18. The smallest absolute Gasteiger partial charge is 0.358 e. The van der Waals surface area contributed by atoms with Gasteiger partial charge in [-0.15, -0.1) is 0 Å². The first-order chi connectivity index (χ1) is 9.85. The number of carbonyl (C=O) groups excluding carboxylic acids is 1. The molecule has 0 saturated heterocycles. The van der Waals surface area contributed by atoms with E-state index in [4.69, 9.17) is 0 Å². The van der Waals surface area contributed by atoms with Gasteiger partial charge in [0, 0.05) is 17.6 Å². The summed E-state index contributed by atoms with van der Waals surface area (Å²) in [5.74, 6) is -0.541. The van der Waals surface area contributed by atoms with E-state index in [0.717, 1.165) is 0 Å². The monoisotopic (exact) mass is 310 g/mol. The summed E-state index contributed by atoms with van der Waals surface area (Å²) in [5.41, 5.74) is 1.41. The van der Waals surface area contributed by atoms with Gasteiger partial charge < -0.3 is 9.50 Å². The number of aromatic nitrogens is 1. The van der Waals surface area contributed by atoms with Crippen molar-refractivity contribution in [1.82, 2.24) is 4.98 Å². The lowest BCUT2D eigenvalue weighted by Crippen LogP contribution is -2.13. The predicted molar refractivity (Wildman–Crippen MR) is 74.0 cm³/mol. The number of halogens is 1. The highest BCUT2D eigenvalue weighted by Gasteiger charge is 2.11. The van der Waals surface area contributed by atoms with Crippen LogP contribution in [0.2, 0.25) is 0 Å². The minimum atomic E-state index is -5.06. The van der Waals surface area contributed by atoms with E-state index in [1.165, 1.54) is 24.3 Å².